The van der Waals surface area contributed by atoms with E-state index in [1.54, 1.807) is 6.07 Å². The minimum Gasteiger partial charge on any atom is -0.453 e. The zero-order valence-electron chi connectivity index (χ0n) is 25.9. The Bertz CT molecular complexity index is 1470. The number of hydrogen-bond donors (Lipinski definition) is 1. The predicted octanol–water partition coefficient (Wildman–Crippen LogP) is 6.80. The molecule has 7 nitrogen and oxygen atoms in total. The number of methoxy groups -OCH3 is 1. The molecule has 2 saturated heterocycles. The molecule has 232 valence electrons. The summed E-state index contributed by atoms with van der Waals surface area (Å²) in [6.07, 6.45) is 6.74. The largest absolute Gasteiger partial charge is 0.453 e. The maximum Gasteiger partial charge on any atom is 0.407 e. The number of amides is 1. The van der Waals surface area contributed by atoms with Gasteiger partial charge in [-0.3, -0.25) is 0 Å². The normalized spacial score (nSPS) is 22.6. The number of benzene rings is 2. The monoisotopic (exact) mass is 597 g/mol. The lowest BCUT2D eigenvalue weighted by Crippen LogP contribution is -2.56. The second-order valence-electron chi connectivity index (χ2n) is 13.1. The molecule has 3 fully saturated rings. The minimum absolute atomic E-state index is 0.0237. The Morgan fingerprint density at radius 1 is 1.07 bits per heavy atom. The molecule has 1 unspecified atom stereocenters. The van der Waals surface area contributed by atoms with Gasteiger partial charge in [-0.2, -0.15) is 0 Å². The number of anilines is 1. The van der Waals surface area contributed by atoms with E-state index in [1.165, 1.54) is 24.6 Å². The van der Waals surface area contributed by atoms with Crippen molar-refractivity contribution >= 4 is 17.5 Å². The van der Waals surface area contributed by atoms with Gasteiger partial charge in [0.15, 0.2) is 5.69 Å². The number of piperidine rings is 1. The van der Waals surface area contributed by atoms with Gasteiger partial charge in [0.2, 0.25) is 0 Å². The molecule has 0 bridgehead atoms. The maximum atomic E-state index is 15.0. The Balaban J connectivity index is 1.22. The molecule has 1 amide bonds. The van der Waals surface area contributed by atoms with Crippen molar-refractivity contribution in [3.63, 3.8) is 0 Å². The molecular weight excluding hydrogens is 553 g/mol. The van der Waals surface area contributed by atoms with E-state index in [4.69, 9.17) is 11.3 Å². The first-order chi connectivity index (χ1) is 21.4. The fraction of sp³-hybridized carbons (Fsp3) is 0.500. The summed E-state index contributed by atoms with van der Waals surface area (Å²) in [5.41, 5.74) is 3.77. The molecule has 3 heterocycles. The number of carbonyl (C=O) groups excluding carboxylic acids is 1. The first-order valence-electron chi connectivity index (χ1n) is 16.1. The van der Waals surface area contributed by atoms with Crippen LogP contribution in [0.15, 0.2) is 66.9 Å². The second kappa shape index (κ2) is 13.0. The van der Waals surface area contributed by atoms with Crippen LogP contribution in [-0.2, 0) is 16.7 Å². The van der Waals surface area contributed by atoms with E-state index in [0.717, 1.165) is 76.9 Å². The average Bonchev–Trinajstić information content (AvgIpc) is 3.66. The molecule has 0 radical (unpaired) electrons. The number of aromatic nitrogens is 1. The van der Waals surface area contributed by atoms with Crippen molar-refractivity contribution in [2.24, 2.45) is 17.8 Å². The summed E-state index contributed by atoms with van der Waals surface area (Å²) in [5.74, 6) is 0.927. The van der Waals surface area contributed by atoms with Gasteiger partial charge in [0.25, 0.3) is 0 Å². The number of hydrogen-bond acceptors (Lipinski definition) is 4. The van der Waals surface area contributed by atoms with Gasteiger partial charge in [-0.15, -0.1) is 0 Å². The molecule has 0 spiro atoms. The first-order valence-corrected chi connectivity index (χ1v) is 16.1. The smallest absolute Gasteiger partial charge is 0.407 e. The molecule has 3 aromatic rings. The van der Waals surface area contributed by atoms with E-state index in [-0.39, 0.29) is 29.3 Å². The molecule has 1 saturated carbocycles. The Morgan fingerprint density at radius 2 is 1.84 bits per heavy atom. The zero-order valence-corrected chi connectivity index (χ0v) is 25.9. The molecular formula is C36H44FN5O2. The Kier molecular flexibility index (Phi) is 8.95. The van der Waals surface area contributed by atoms with Gasteiger partial charge in [-0.05, 0) is 99.5 Å². The van der Waals surface area contributed by atoms with E-state index in [0.29, 0.717) is 17.5 Å². The van der Waals surface area contributed by atoms with Gasteiger partial charge in [0, 0.05) is 61.1 Å². The van der Waals surface area contributed by atoms with Gasteiger partial charge in [0.05, 0.1) is 13.7 Å². The van der Waals surface area contributed by atoms with Crippen LogP contribution >= 0.6 is 0 Å². The minimum atomic E-state index is -0.390. The molecule has 44 heavy (non-hydrogen) atoms. The van der Waals surface area contributed by atoms with E-state index < -0.39 is 0 Å². The van der Waals surface area contributed by atoms with Gasteiger partial charge >= 0.3 is 6.09 Å². The van der Waals surface area contributed by atoms with Gasteiger partial charge in [-0.1, -0.05) is 30.7 Å². The third kappa shape index (κ3) is 6.08. The lowest BCUT2D eigenvalue weighted by atomic mass is 9.58. The summed E-state index contributed by atoms with van der Waals surface area (Å²) in [7, 11) is 1.42. The highest BCUT2D eigenvalue weighted by Gasteiger charge is 2.52. The number of ether oxygens (including phenoxy) is 1. The van der Waals surface area contributed by atoms with Crippen LogP contribution in [-0.4, -0.2) is 61.4 Å². The van der Waals surface area contributed by atoms with Crippen molar-refractivity contribution in [2.75, 3.05) is 44.7 Å². The van der Waals surface area contributed by atoms with Gasteiger partial charge < -0.3 is 24.4 Å². The number of halogens is 1. The Hall–Kier alpha value is -3.83. The highest BCUT2D eigenvalue weighted by atomic mass is 19.1. The molecule has 1 aliphatic carbocycles. The van der Waals surface area contributed by atoms with E-state index >= 15 is 0 Å². The van der Waals surface area contributed by atoms with Crippen molar-refractivity contribution in [1.29, 1.82) is 0 Å². The lowest BCUT2D eigenvalue weighted by molar-refractivity contribution is 0.0544. The Labute approximate surface area is 260 Å². The van der Waals surface area contributed by atoms with Crippen LogP contribution < -0.4 is 10.2 Å². The molecule has 2 aromatic carbocycles. The number of nitrogens with one attached hydrogen (secondary N) is 1. The number of nitrogens with zero attached hydrogens (tertiary/aromatic N) is 4. The molecule has 1 aromatic heterocycles. The number of rotatable bonds is 9. The van der Waals surface area contributed by atoms with Crippen LogP contribution in [0.5, 0.6) is 0 Å². The van der Waals surface area contributed by atoms with Crippen LogP contribution in [0.2, 0.25) is 0 Å². The predicted molar refractivity (Wildman–Crippen MR) is 171 cm³/mol. The van der Waals surface area contributed by atoms with E-state index in [2.05, 4.69) is 68.0 Å². The van der Waals surface area contributed by atoms with Crippen LogP contribution in [0.1, 0.15) is 43.4 Å². The molecule has 8 heteroatoms. The fourth-order valence-corrected chi connectivity index (χ4v) is 8.42. The third-order valence-electron chi connectivity index (χ3n) is 10.7. The highest BCUT2D eigenvalue weighted by Crippen LogP contribution is 2.52. The van der Waals surface area contributed by atoms with E-state index in [9.17, 15) is 9.18 Å². The van der Waals surface area contributed by atoms with Crippen LogP contribution in [0, 0.1) is 37.1 Å². The SMILES string of the molecule is [C-]#[N+]c1ccc(N2CC(CN3CCC(C(Cn4cccc4C)(c4cccc(F)c4)[C@H]4CCC[C@@H]4NC(=O)OC)CC3)C2)cc1. The summed E-state index contributed by atoms with van der Waals surface area (Å²) >= 11 is 0. The summed E-state index contributed by atoms with van der Waals surface area (Å²) in [5, 5.41) is 3.18. The van der Waals surface area contributed by atoms with Gasteiger partial charge in [0.1, 0.15) is 5.82 Å². The summed E-state index contributed by atoms with van der Waals surface area (Å²) in [6, 6.07) is 19.4. The number of carbonyl (C=O) groups is 1. The van der Waals surface area contributed by atoms with Crippen molar-refractivity contribution in [1.82, 2.24) is 14.8 Å². The number of aryl methyl sites for hydroxylation is 1. The maximum absolute atomic E-state index is 15.0. The quantitative estimate of drug-likeness (QED) is 0.276. The number of alkyl carbamates (subject to hydrolysis) is 1. The van der Waals surface area contributed by atoms with Gasteiger partial charge in [-0.25, -0.2) is 14.0 Å². The van der Waals surface area contributed by atoms with Crippen molar-refractivity contribution < 1.29 is 13.9 Å². The molecule has 3 aliphatic rings. The van der Waals surface area contributed by atoms with Crippen LogP contribution in [0.4, 0.5) is 20.6 Å². The molecule has 2 aliphatic heterocycles. The average molecular weight is 598 g/mol. The summed E-state index contributed by atoms with van der Waals surface area (Å²) in [4.78, 5) is 21.0. The van der Waals surface area contributed by atoms with Crippen LogP contribution in [0.3, 0.4) is 0 Å². The molecule has 1 N–H and O–H groups in total. The fourth-order valence-electron chi connectivity index (χ4n) is 8.42. The second-order valence-corrected chi connectivity index (χ2v) is 13.1. The first kappa shape index (κ1) is 30.2. The number of likely N-dealkylation sites (tertiary alicyclic amines) is 1. The highest BCUT2D eigenvalue weighted by molar-refractivity contribution is 5.67. The van der Waals surface area contributed by atoms with Crippen molar-refractivity contribution in [3.05, 3.63) is 95.4 Å². The summed E-state index contributed by atoms with van der Waals surface area (Å²) in [6.45, 7) is 15.3. The van der Waals surface area contributed by atoms with Crippen LogP contribution in [0.25, 0.3) is 4.85 Å². The topological polar surface area (TPSA) is 54.1 Å². The standard InChI is InChI=1S/C36H44FN5O2/c1-26-7-6-18-41(26)25-36(29-8-4-9-30(37)21-29,33-10-5-11-34(33)39-35(43)44-3)28-16-19-40(20-17-28)22-27-23-42(24-27)32-14-12-31(38-2)13-15-32/h4,6-9,12-15,18,21,27-28,33-34H,5,10-11,16-17,19-20,22-25H2,1,3H3,(H,39,43)/t33-,34-,36?/m0/s1. The third-order valence-corrected chi connectivity index (χ3v) is 10.7. The summed E-state index contributed by atoms with van der Waals surface area (Å²) < 4.78 is 22.4. The van der Waals surface area contributed by atoms with E-state index in [1.807, 2.05) is 18.2 Å². The zero-order chi connectivity index (χ0) is 30.7. The van der Waals surface area contributed by atoms with Crippen molar-refractivity contribution in [2.45, 2.75) is 57.0 Å². The molecule has 6 rings (SSSR count). The lowest BCUT2D eigenvalue weighted by Gasteiger charge is -2.51. The Morgan fingerprint density at radius 3 is 2.50 bits per heavy atom. The molecule has 3 atom stereocenters. The van der Waals surface area contributed by atoms with Crippen molar-refractivity contribution in [3.8, 4) is 0 Å².